The van der Waals surface area contributed by atoms with E-state index >= 15 is 0 Å². The number of benzene rings is 3. The van der Waals surface area contributed by atoms with Gasteiger partial charge in [-0.05, 0) is 64.9 Å². The number of methoxy groups -OCH3 is 2. The van der Waals surface area contributed by atoms with Crippen LogP contribution in [0.5, 0.6) is 11.5 Å². The average molecular weight is 417 g/mol. The molecule has 0 bridgehead atoms. The lowest BCUT2D eigenvalue weighted by atomic mass is 10.1. The molecule has 150 valence electrons. The predicted octanol–water partition coefficient (Wildman–Crippen LogP) is 3.10. The molecular formula is C24H19NO4S. The number of hydrogen-bond acceptors (Lipinski definition) is 5. The third-order valence-corrected chi connectivity index (χ3v) is 5.65. The van der Waals surface area contributed by atoms with E-state index in [1.54, 1.807) is 38.5 Å². The Balaban J connectivity index is 1.66. The number of rotatable bonds is 5. The molecule has 0 aliphatic rings. The Bertz CT molecular complexity index is 1400. The van der Waals surface area contributed by atoms with Gasteiger partial charge in [-0.25, -0.2) is 0 Å². The van der Waals surface area contributed by atoms with Crippen LogP contribution in [0.2, 0.25) is 0 Å². The third-order valence-electron chi connectivity index (χ3n) is 4.69. The summed E-state index contributed by atoms with van der Waals surface area (Å²) in [6.07, 6.45) is 3.26. The van der Waals surface area contributed by atoms with Gasteiger partial charge in [-0.15, -0.1) is 11.3 Å². The Morgan fingerprint density at radius 2 is 1.57 bits per heavy atom. The summed E-state index contributed by atoms with van der Waals surface area (Å²) in [5.41, 5.74) is 1.22. The van der Waals surface area contributed by atoms with Crippen molar-refractivity contribution in [3.05, 3.63) is 91.3 Å². The molecule has 0 aliphatic heterocycles. The molecule has 0 radical (unpaired) electrons. The van der Waals surface area contributed by atoms with Crippen LogP contribution < -0.4 is 24.2 Å². The van der Waals surface area contributed by atoms with Crippen LogP contribution >= 0.6 is 11.3 Å². The summed E-state index contributed by atoms with van der Waals surface area (Å²) >= 11 is 1.25. The van der Waals surface area contributed by atoms with Gasteiger partial charge in [0.1, 0.15) is 11.5 Å². The maximum Gasteiger partial charge on any atom is 0.266 e. The van der Waals surface area contributed by atoms with Crippen LogP contribution in [0.4, 0.5) is 0 Å². The zero-order valence-corrected chi connectivity index (χ0v) is 17.3. The third kappa shape index (κ3) is 4.18. The predicted molar refractivity (Wildman–Crippen MR) is 120 cm³/mol. The van der Waals surface area contributed by atoms with Crippen molar-refractivity contribution in [1.82, 2.24) is 4.98 Å². The van der Waals surface area contributed by atoms with Gasteiger partial charge in [0, 0.05) is 11.6 Å². The second-order valence-corrected chi connectivity index (χ2v) is 7.72. The van der Waals surface area contributed by atoms with E-state index in [4.69, 9.17) is 9.47 Å². The first-order valence-corrected chi connectivity index (χ1v) is 10.1. The second-order valence-electron chi connectivity index (χ2n) is 6.64. The maximum atomic E-state index is 12.5. The first-order valence-electron chi connectivity index (χ1n) is 9.24. The fourth-order valence-electron chi connectivity index (χ4n) is 3.09. The number of hydrogen-bond donors (Lipinski definition) is 1. The Labute approximate surface area is 176 Å². The first kappa shape index (κ1) is 19.7. The van der Waals surface area contributed by atoms with E-state index in [9.17, 15) is 9.59 Å². The quantitative estimate of drug-likeness (QED) is 0.507. The number of nitrogens with one attached hydrogen (secondary N) is 1. The lowest BCUT2D eigenvalue weighted by Crippen LogP contribution is -2.20. The van der Waals surface area contributed by atoms with Crippen LogP contribution in [0, 0.1) is 0 Å². The van der Waals surface area contributed by atoms with Gasteiger partial charge in [-0.2, -0.15) is 0 Å². The largest absolute Gasteiger partial charge is 0.497 e. The first-order chi connectivity index (χ1) is 14.6. The number of thiazole rings is 1. The SMILES string of the molecule is COc1ccc(C(=O)/C=c2\[nH]c(=O)/c(=C\c3ccc4cc(OC)ccc4c3)s2)cc1. The number of Topliss-reactive ketones (excluding diaryl/α,β-unsaturated/α-hetero) is 1. The fourth-order valence-corrected chi connectivity index (χ4v) is 3.98. The molecule has 0 atom stereocenters. The number of carbonyl (C=O) groups is 1. The normalized spacial score (nSPS) is 12.3. The molecular weight excluding hydrogens is 398 g/mol. The van der Waals surface area contributed by atoms with E-state index < -0.39 is 0 Å². The molecule has 6 heteroatoms. The van der Waals surface area contributed by atoms with Gasteiger partial charge < -0.3 is 14.5 Å². The molecule has 0 fully saturated rings. The molecule has 4 rings (SSSR count). The van der Waals surface area contributed by atoms with E-state index in [1.165, 1.54) is 17.4 Å². The van der Waals surface area contributed by atoms with Crippen molar-refractivity contribution >= 4 is 40.0 Å². The molecule has 0 saturated carbocycles. The Hall–Kier alpha value is -3.64. The molecule has 30 heavy (non-hydrogen) atoms. The maximum absolute atomic E-state index is 12.5. The standard InChI is InChI=1S/C24H19NO4S/c1-28-19-8-5-16(6-9-19)21(26)14-23-25-24(27)22(30-23)12-15-3-4-18-13-20(29-2)10-7-17(18)11-15/h3-14H,1-2H3,(H,25,27)/b22-12+,23-14+. The van der Waals surface area contributed by atoms with E-state index in [1.807, 2.05) is 42.5 Å². The number of aromatic nitrogens is 1. The van der Waals surface area contributed by atoms with Crippen molar-refractivity contribution in [1.29, 1.82) is 0 Å². The van der Waals surface area contributed by atoms with E-state index in [0.29, 0.717) is 20.5 Å². The van der Waals surface area contributed by atoms with Crippen LogP contribution in [-0.2, 0) is 0 Å². The highest BCUT2D eigenvalue weighted by atomic mass is 32.1. The fraction of sp³-hybridized carbons (Fsp3) is 0.0833. The number of ketones is 1. The van der Waals surface area contributed by atoms with Gasteiger partial charge in [-0.1, -0.05) is 18.2 Å². The van der Waals surface area contributed by atoms with Crippen molar-refractivity contribution in [3.8, 4) is 11.5 Å². The molecule has 1 N–H and O–H groups in total. The molecule has 1 aromatic heterocycles. The van der Waals surface area contributed by atoms with E-state index in [-0.39, 0.29) is 11.3 Å². The van der Waals surface area contributed by atoms with E-state index in [0.717, 1.165) is 22.1 Å². The lowest BCUT2D eigenvalue weighted by Gasteiger charge is -2.03. The summed E-state index contributed by atoms with van der Waals surface area (Å²) < 4.78 is 11.4. The summed E-state index contributed by atoms with van der Waals surface area (Å²) in [6, 6.07) is 18.7. The lowest BCUT2D eigenvalue weighted by molar-refractivity contribution is 0.106. The molecule has 0 spiro atoms. The Morgan fingerprint density at radius 1 is 0.900 bits per heavy atom. The molecule has 0 aliphatic carbocycles. The van der Waals surface area contributed by atoms with Crippen molar-refractivity contribution in [3.63, 3.8) is 0 Å². The van der Waals surface area contributed by atoms with Gasteiger partial charge in [0.15, 0.2) is 5.78 Å². The highest BCUT2D eigenvalue weighted by Gasteiger charge is 2.04. The minimum Gasteiger partial charge on any atom is -0.497 e. The Morgan fingerprint density at radius 3 is 2.30 bits per heavy atom. The molecule has 0 saturated heterocycles. The summed E-state index contributed by atoms with van der Waals surface area (Å²) in [5, 5.41) is 2.12. The van der Waals surface area contributed by atoms with Crippen LogP contribution in [0.15, 0.2) is 65.5 Å². The topological polar surface area (TPSA) is 68.4 Å². The van der Waals surface area contributed by atoms with Gasteiger partial charge in [-0.3, -0.25) is 9.59 Å². The second kappa shape index (κ2) is 8.39. The molecule has 0 unspecified atom stereocenters. The van der Waals surface area contributed by atoms with Crippen LogP contribution in [-0.4, -0.2) is 25.0 Å². The minimum absolute atomic E-state index is 0.179. The Kier molecular flexibility index (Phi) is 5.50. The molecule has 5 nitrogen and oxygen atoms in total. The molecule has 0 amide bonds. The molecule has 1 heterocycles. The van der Waals surface area contributed by atoms with Gasteiger partial charge >= 0.3 is 0 Å². The van der Waals surface area contributed by atoms with Crippen molar-refractivity contribution in [2.75, 3.05) is 14.2 Å². The smallest absolute Gasteiger partial charge is 0.266 e. The number of carbonyl (C=O) groups excluding carboxylic acids is 1. The monoisotopic (exact) mass is 417 g/mol. The summed E-state index contributed by atoms with van der Waals surface area (Å²) in [7, 11) is 3.21. The van der Waals surface area contributed by atoms with Crippen molar-refractivity contribution in [2.24, 2.45) is 0 Å². The molecule has 3 aromatic carbocycles. The average Bonchev–Trinajstić information content (AvgIpc) is 3.11. The zero-order valence-electron chi connectivity index (χ0n) is 16.5. The van der Waals surface area contributed by atoms with Crippen LogP contribution in [0.3, 0.4) is 0 Å². The summed E-state index contributed by atoms with van der Waals surface area (Å²) in [4.78, 5) is 27.6. The summed E-state index contributed by atoms with van der Waals surface area (Å²) in [6.45, 7) is 0. The molecule has 4 aromatic rings. The van der Waals surface area contributed by atoms with Crippen LogP contribution in [0.25, 0.3) is 22.9 Å². The van der Waals surface area contributed by atoms with E-state index in [2.05, 4.69) is 4.98 Å². The highest BCUT2D eigenvalue weighted by Crippen LogP contribution is 2.22. The van der Waals surface area contributed by atoms with Crippen LogP contribution in [0.1, 0.15) is 15.9 Å². The van der Waals surface area contributed by atoms with Gasteiger partial charge in [0.2, 0.25) is 0 Å². The van der Waals surface area contributed by atoms with Gasteiger partial charge in [0.25, 0.3) is 5.56 Å². The minimum atomic E-state index is -0.219. The van der Waals surface area contributed by atoms with Gasteiger partial charge in [0.05, 0.1) is 23.4 Å². The highest BCUT2D eigenvalue weighted by molar-refractivity contribution is 7.07. The summed E-state index contributed by atoms with van der Waals surface area (Å²) in [5.74, 6) is 1.30. The number of fused-ring (bicyclic) bond motifs is 1. The number of ether oxygens (including phenoxy) is 2. The number of aromatic amines is 1. The van der Waals surface area contributed by atoms with Crippen molar-refractivity contribution < 1.29 is 14.3 Å². The van der Waals surface area contributed by atoms with Crippen molar-refractivity contribution in [2.45, 2.75) is 0 Å². The number of H-pyrrole nitrogens is 1. The zero-order chi connectivity index (χ0) is 21.1.